The minimum Gasteiger partial charge on any atom is -0.446 e. The Labute approximate surface area is 183 Å². The first-order valence-corrected chi connectivity index (χ1v) is 11.1. The number of amides is 2. The Morgan fingerprint density at radius 3 is 2.59 bits per heavy atom. The van der Waals surface area contributed by atoms with Crippen molar-refractivity contribution in [2.24, 2.45) is 28.9 Å². The maximum absolute atomic E-state index is 12.9. The van der Waals surface area contributed by atoms with Crippen molar-refractivity contribution < 1.29 is 27.5 Å². The number of anilines is 1. The van der Waals surface area contributed by atoms with E-state index in [-0.39, 0.29) is 35.8 Å². The van der Waals surface area contributed by atoms with Crippen molar-refractivity contribution >= 4 is 17.9 Å². The van der Waals surface area contributed by atoms with Gasteiger partial charge in [0.1, 0.15) is 11.8 Å². The topological polar surface area (TPSA) is 110 Å². The molecule has 174 valence electrons. The fraction of sp³-hybridized carbons (Fsp3) is 0.714. The first kappa shape index (κ1) is 21.3. The molecule has 5 aliphatic rings. The summed E-state index contributed by atoms with van der Waals surface area (Å²) >= 11 is 0. The summed E-state index contributed by atoms with van der Waals surface area (Å²) in [5.74, 6) is 0.452. The van der Waals surface area contributed by atoms with Crippen LogP contribution < -0.4 is 11.1 Å². The fourth-order valence-corrected chi connectivity index (χ4v) is 6.48. The van der Waals surface area contributed by atoms with Crippen molar-refractivity contribution in [1.29, 1.82) is 0 Å². The monoisotopic (exact) mass is 453 g/mol. The Hall–Kier alpha value is -2.59. The maximum atomic E-state index is 12.9. The van der Waals surface area contributed by atoms with Crippen LogP contribution in [0.1, 0.15) is 44.2 Å². The van der Waals surface area contributed by atoms with Gasteiger partial charge >= 0.3 is 12.3 Å². The van der Waals surface area contributed by atoms with Crippen LogP contribution in [-0.4, -0.2) is 52.1 Å². The van der Waals surface area contributed by atoms with Gasteiger partial charge in [0.05, 0.1) is 5.41 Å². The standard InChI is InChI=1S/C21H26F3N5O3/c22-21(23,24)15-1-3-26-18(28-15)27-14-2-4-29(10-14)19(31)32-16-12-5-11-6-13(16)9-20(7-11,8-12)17(25)30/h1,3,11-14,16H,2,4-10H2,(H2,25,30)(H,26,27,28)/t11?,12-,13?,14+,16?,20?/m0/s1. The van der Waals surface area contributed by atoms with Gasteiger partial charge in [0.15, 0.2) is 0 Å². The smallest absolute Gasteiger partial charge is 0.433 e. The van der Waals surface area contributed by atoms with Gasteiger partial charge in [0, 0.05) is 25.3 Å². The van der Waals surface area contributed by atoms with E-state index >= 15 is 0 Å². The Kier molecular flexibility index (Phi) is 4.97. The first-order valence-electron chi connectivity index (χ1n) is 11.1. The second-order valence-electron chi connectivity index (χ2n) is 9.80. The number of nitrogens with two attached hydrogens (primary N) is 1. The summed E-state index contributed by atoms with van der Waals surface area (Å²) < 4.78 is 44.5. The molecule has 11 heteroatoms. The number of hydrogen-bond donors (Lipinski definition) is 2. The number of carbonyl (C=O) groups is 2. The first-order chi connectivity index (χ1) is 15.1. The zero-order valence-corrected chi connectivity index (χ0v) is 17.5. The predicted octanol–water partition coefficient (Wildman–Crippen LogP) is 2.80. The Balaban J connectivity index is 1.18. The van der Waals surface area contributed by atoms with Crippen molar-refractivity contribution in [3.63, 3.8) is 0 Å². The van der Waals surface area contributed by atoms with Crippen molar-refractivity contribution in [3.05, 3.63) is 18.0 Å². The second-order valence-corrected chi connectivity index (χ2v) is 9.80. The molecule has 2 amide bonds. The molecule has 1 aromatic heterocycles. The number of halogens is 3. The van der Waals surface area contributed by atoms with Gasteiger partial charge in [0.2, 0.25) is 11.9 Å². The highest BCUT2D eigenvalue weighted by Crippen LogP contribution is 2.60. The van der Waals surface area contributed by atoms with E-state index in [2.05, 4.69) is 15.3 Å². The van der Waals surface area contributed by atoms with E-state index in [1.54, 1.807) is 4.90 Å². The zero-order valence-electron chi connectivity index (χ0n) is 17.5. The molecule has 4 saturated carbocycles. The summed E-state index contributed by atoms with van der Waals surface area (Å²) in [6.07, 6.45) is 0.596. The van der Waals surface area contributed by atoms with Gasteiger partial charge in [-0.25, -0.2) is 14.8 Å². The summed E-state index contributed by atoms with van der Waals surface area (Å²) in [6.45, 7) is 0.736. The van der Waals surface area contributed by atoms with Gasteiger partial charge in [-0.3, -0.25) is 4.79 Å². The van der Waals surface area contributed by atoms with E-state index in [0.29, 0.717) is 38.3 Å². The van der Waals surface area contributed by atoms with Crippen LogP contribution in [0.4, 0.5) is 23.9 Å². The molecule has 3 N–H and O–H groups in total. The largest absolute Gasteiger partial charge is 0.446 e. The molecule has 1 saturated heterocycles. The number of rotatable bonds is 4. The highest BCUT2D eigenvalue weighted by Gasteiger charge is 2.59. The summed E-state index contributed by atoms with van der Waals surface area (Å²) in [6, 6.07) is 0.555. The van der Waals surface area contributed by atoms with Crippen LogP contribution in [0.2, 0.25) is 0 Å². The lowest BCUT2D eigenvalue weighted by molar-refractivity contribution is -0.161. The number of hydrogen-bond acceptors (Lipinski definition) is 6. The summed E-state index contributed by atoms with van der Waals surface area (Å²) in [4.78, 5) is 33.9. The molecule has 4 bridgehead atoms. The molecule has 6 atom stereocenters. The minimum atomic E-state index is -4.55. The molecule has 1 aliphatic heterocycles. The Bertz CT molecular complexity index is 910. The highest BCUT2D eigenvalue weighted by molar-refractivity contribution is 5.81. The molecule has 2 heterocycles. The van der Waals surface area contributed by atoms with E-state index in [1.807, 2.05) is 0 Å². The third kappa shape index (κ3) is 3.75. The molecule has 6 rings (SSSR count). The predicted molar refractivity (Wildman–Crippen MR) is 106 cm³/mol. The molecule has 1 aromatic rings. The molecular formula is C21H26F3N5O3. The highest BCUT2D eigenvalue weighted by atomic mass is 19.4. The van der Waals surface area contributed by atoms with E-state index in [0.717, 1.165) is 31.5 Å². The number of nitrogens with zero attached hydrogens (tertiary/aromatic N) is 3. The van der Waals surface area contributed by atoms with Gasteiger partial charge in [0.25, 0.3) is 0 Å². The lowest BCUT2D eigenvalue weighted by Crippen LogP contribution is -2.59. The molecule has 0 aromatic carbocycles. The SMILES string of the molecule is NC(=O)C12CC3CC(C1)C(OC(=O)N1CC[C@@H](Nc4nccc(C(F)(F)F)n4)C1)[C@@H](C3)C2. The Morgan fingerprint density at radius 1 is 1.22 bits per heavy atom. The van der Waals surface area contributed by atoms with Gasteiger partial charge in [-0.2, -0.15) is 13.2 Å². The number of carbonyl (C=O) groups excluding carboxylic acids is 2. The molecular weight excluding hydrogens is 427 g/mol. The maximum Gasteiger partial charge on any atom is 0.433 e. The molecule has 0 radical (unpaired) electrons. The molecule has 8 nitrogen and oxygen atoms in total. The van der Waals surface area contributed by atoms with Gasteiger partial charge < -0.3 is 20.7 Å². The molecule has 32 heavy (non-hydrogen) atoms. The summed E-state index contributed by atoms with van der Waals surface area (Å²) in [5, 5.41) is 2.89. The number of alkyl halides is 3. The van der Waals surface area contributed by atoms with Crippen molar-refractivity contribution in [3.8, 4) is 0 Å². The van der Waals surface area contributed by atoms with Crippen LogP contribution in [0.15, 0.2) is 12.3 Å². The summed E-state index contributed by atoms with van der Waals surface area (Å²) in [5.41, 5.74) is 4.26. The third-order valence-corrected chi connectivity index (χ3v) is 7.67. The quantitative estimate of drug-likeness (QED) is 0.726. The molecule has 4 aliphatic carbocycles. The van der Waals surface area contributed by atoms with Crippen molar-refractivity contribution in [1.82, 2.24) is 14.9 Å². The number of ether oxygens (including phenoxy) is 1. The average molecular weight is 453 g/mol. The zero-order chi connectivity index (χ0) is 22.7. The summed E-state index contributed by atoms with van der Waals surface area (Å²) in [7, 11) is 0. The van der Waals surface area contributed by atoms with E-state index in [9.17, 15) is 22.8 Å². The minimum absolute atomic E-state index is 0.113. The lowest BCUT2D eigenvalue weighted by atomic mass is 9.48. The molecule has 4 unspecified atom stereocenters. The normalized spacial score (nSPS) is 35.7. The van der Waals surface area contributed by atoms with Crippen LogP contribution in [0.3, 0.4) is 0 Å². The van der Waals surface area contributed by atoms with Crippen LogP contribution in [-0.2, 0) is 15.7 Å². The van der Waals surface area contributed by atoms with Gasteiger partial charge in [-0.05, 0) is 62.3 Å². The van der Waals surface area contributed by atoms with E-state index < -0.39 is 23.4 Å². The molecule has 5 fully saturated rings. The number of primary amides is 1. The van der Waals surface area contributed by atoms with Gasteiger partial charge in [-0.15, -0.1) is 0 Å². The van der Waals surface area contributed by atoms with E-state index in [1.165, 1.54) is 0 Å². The molecule has 0 spiro atoms. The van der Waals surface area contributed by atoms with Crippen LogP contribution >= 0.6 is 0 Å². The third-order valence-electron chi connectivity index (χ3n) is 7.67. The average Bonchev–Trinajstić information content (AvgIpc) is 3.18. The fourth-order valence-electron chi connectivity index (χ4n) is 6.48. The van der Waals surface area contributed by atoms with Crippen LogP contribution in [0.25, 0.3) is 0 Å². The second kappa shape index (κ2) is 7.48. The number of aromatic nitrogens is 2. The van der Waals surface area contributed by atoms with Crippen molar-refractivity contribution in [2.45, 2.75) is 56.8 Å². The Morgan fingerprint density at radius 2 is 1.94 bits per heavy atom. The van der Waals surface area contributed by atoms with E-state index in [4.69, 9.17) is 10.5 Å². The number of likely N-dealkylation sites (tertiary alicyclic amines) is 1. The lowest BCUT2D eigenvalue weighted by Gasteiger charge is -2.58. The van der Waals surface area contributed by atoms with Crippen LogP contribution in [0.5, 0.6) is 0 Å². The van der Waals surface area contributed by atoms with Crippen molar-refractivity contribution in [2.75, 3.05) is 18.4 Å². The van der Waals surface area contributed by atoms with Gasteiger partial charge in [-0.1, -0.05) is 0 Å². The van der Waals surface area contributed by atoms with Crippen LogP contribution in [0, 0.1) is 23.2 Å². The number of nitrogens with one attached hydrogen (secondary N) is 1.